The van der Waals surface area contributed by atoms with Crippen LogP contribution in [0.1, 0.15) is 37.0 Å². The number of hydrogen-bond acceptors (Lipinski definition) is 2. The minimum Gasteiger partial charge on any atom is -0.336 e. The lowest BCUT2D eigenvalue weighted by atomic mass is 9.98. The molecule has 21 heavy (non-hydrogen) atoms. The molecule has 1 aromatic carbocycles. The Kier molecular flexibility index (Phi) is 6.08. The third-order valence-corrected chi connectivity index (χ3v) is 4.82. The molecule has 1 aliphatic rings. The molecule has 1 aliphatic heterocycles. The van der Waals surface area contributed by atoms with E-state index in [-0.39, 0.29) is 11.9 Å². The van der Waals surface area contributed by atoms with Crippen LogP contribution in [0.3, 0.4) is 0 Å². The molecule has 0 aromatic heterocycles. The molecule has 5 heteroatoms. The molecule has 1 heterocycles. The molecule has 1 aromatic rings. The van der Waals surface area contributed by atoms with Gasteiger partial charge >= 0.3 is 0 Å². The zero-order chi connectivity index (χ0) is 15.4. The van der Waals surface area contributed by atoms with Crippen molar-refractivity contribution in [2.45, 2.75) is 32.7 Å². The van der Waals surface area contributed by atoms with Gasteiger partial charge in [-0.15, -0.1) is 0 Å². The highest BCUT2D eigenvalue weighted by molar-refractivity contribution is 9.10. The van der Waals surface area contributed by atoms with Crippen molar-refractivity contribution in [3.8, 4) is 0 Å². The summed E-state index contributed by atoms with van der Waals surface area (Å²) in [5.41, 5.74) is 0.639. The minimum absolute atomic E-state index is 0.0462. The number of benzene rings is 1. The predicted octanol–water partition coefficient (Wildman–Crippen LogP) is 3.95. The zero-order valence-electron chi connectivity index (χ0n) is 12.5. The Morgan fingerprint density at radius 3 is 2.90 bits per heavy atom. The van der Waals surface area contributed by atoms with Crippen molar-refractivity contribution >= 4 is 33.4 Å². The first-order valence-corrected chi connectivity index (χ1v) is 8.63. The smallest absolute Gasteiger partial charge is 0.255 e. The van der Waals surface area contributed by atoms with Gasteiger partial charge < -0.3 is 10.2 Å². The lowest BCUT2D eigenvalue weighted by molar-refractivity contribution is 0.0660. The fourth-order valence-corrected chi connectivity index (χ4v) is 3.29. The van der Waals surface area contributed by atoms with Gasteiger partial charge in [0.05, 0.1) is 5.56 Å². The van der Waals surface area contributed by atoms with Gasteiger partial charge in [0.15, 0.2) is 0 Å². The largest absolute Gasteiger partial charge is 0.336 e. The molecule has 0 bridgehead atoms. The van der Waals surface area contributed by atoms with Crippen LogP contribution in [0.4, 0.5) is 0 Å². The van der Waals surface area contributed by atoms with E-state index >= 15 is 0 Å². The Morgan fingerprint density at radius 2 is 2.29 bits per heavy atom. The van der Waals surface area contributed by atoms with Gasteiger partial charge in [0.2, 0.25) is 0 Å². The highest BCUT2D eigenvalue weighted by Crippen LogP contribution is 2.24. The average Bonchev–Trinajstić information content (AvgIpc) is 2.47. The quantitative estimate of drug-likeness (QED) is 0.866. The second-order valence-corrected chi connectivity index (χ2v) is 7.18. The summed E-state index contributed by atoms with van der Waals surface area (Å²) in [7, 11) is 0. The van der Waals surface area contributed by atoms with Crippen molar-refractivity contribution in [3.05, 3.63) is 33.3 Å². The molecule has 3 nitrogen and oxygen atoms in total. The fraction of sp³-hybridized carbons (Fsp3) is 0.562. The van der Waals surface area contributed by atoms with Crippen LogP contribution < -0.4 is 5.32 Å². The standard InChI is InChI=1S/C16H22BrClN2O/c1-11(2)20(10-12-4-3-7-19-9-12)16(21)14-8-13(18)5-6-15(14)17/h5-6,8,11-12,19H,3-4,7,9-10H2,1-2H3. The van der Waals surface area contributed by atoms with Gasteiger partial charge in [-0.2, -0.15) is 0 Å². The van der Waals surface area contributed by atoms with Gasteiger partial charge in [-0.05, 0) is 79.8 Å². The Labute approximate surface area is 140 Å². The van der Waals surface area contributed by atoms with Crippen LogP contribution >= 0.6 is 27.5 Å². The number of amides is 1. The number of rotatable bonds is 4. The predicted molar refractivity (Wildman–Crippen MR) is 90.9 cm³/mol. The molecular formula is C16H22BrClN2O. The van der Waals surface area contributed by atoms with Gasteiger partial charge in [0.1, 0.15) is 0 Å². The van der Waals surface area contributed by atoms with Crippen molar-refractivity contribution in [1.29, 1.82) is 0 Å². The van der Waals surface area contributed by atoms with Gasteiger partial charge in [0, 0.05) is 22.1 Å². The zero-order valence-corrected chi connectivity index (χ0v) is 14.9. The van der Waals surface area contributed by atoms with E-state index in [0.29, 0.717) is 16.5 Å². The van der Waals surface area contributed by atoms with Crippen molar-refractivity contribution < 1.29 is 4.79 Å². The fourth-order valence-electron chi connectivity index (χ4n) is 2.70. The Bertz CT molecular complexity index is 501. The van der Waals surface area contributed by atoms with Crippen molar-refractivity contribution in [2.24, 2.45) is 5.92 Å². The van der Waals surface area contributed by atoms with Crippen LogP contribution in [-0.4, -0.2) is 36.5 Å². The maximum atomic E-state index is 12.8. The summed E-state index contributed by atoms with van der Waals surface area (Å²) in [6.07, 6.45) is 2.37. The molecule has 1 unspecified atom stereocenters. The number of halogens is 2. The molecule has 2 rings (SSSR count). The molecule has 1 saturated heterocycles. The second-order valence-electron chi connectivity index (χ2n) is 5.89. The average molecular weight is 374 g/mol. The number of hydrogen-bond donors (Lipinski definition) is 1. The van der Waals surface area contributed by atoms with E-state index in [1.54, 1.807) is 12.1 Å². The van der Waals surface area contributed by atoms with E-state index in [1.165, 1.54) is 12.8 Å². The highest BCUT2D eigenvalue weighted by Gasteiger charge is 2.25. The molecule has 1 fully saturated rings. The van der Waals surface area contributed by atoms with Crippen LogP contribution in [0.25, 0.3) is 0 Å². The van der Waals surface area contributed by atoms with Gasteiger partial charge in [0.25, 0.3) is 5.91 Å². The summed E-state index contributed by atoms with van der Waals surface area (Å²) in [4.78, 5) is 14.8. The van der Waals surface area contributed by atoms with Gasteiger partial charge in [-0.25, -0.2) is 0 Å². The Hall–Kier alpha value is -0.580. The van der Waals surface area contributed by atoms with E-state index in [1.807, 2.05) is 11.0 Å². The summed E-state index contributed by atoms with van der Waals surface area (Å²) in [6.45, 7) is 7.00. The van der Waals surface area contributed by atoms with E-state index < -0.39 is 0 Å². The highest BCUT2D eigenvalue weighted by atomic mass is 79.9. The van der Waals surface area contributed by atoms with E-state index in [0.717, 1.165) is 24.1 Å². The SMILES string of the molecule is CC(C)N(CC1CCCNC1)C(=O)c1cc(Cl)ccc1Br. The molecule has 0 aliphatic carbocycles. The molecule has 1 atom stereocenters. The van der Waals surface area contributed by atoms with Crippen LogP contribution in [0.15, 0.2) is 22.7 Å². The van der Waals surface area contributed by atoms with Crippen molar-refractivity contribution in [2.75, 3.05) is 19.6 Å². The topological polar surface area (TPSA) is 32.3 Å². The molecular weight excluding hydrogens is 352 g/mol. The molecule has 116 valence electrons. The summed E-state index contributed by atoms with van der Waals surface area (Å²) >= 11 is 9.49. The van der Waals surface area contributed by atoms with E-state index in [9.17, 15) is 4.79 Å². The molecule has 1 amide bonds. The molecule has 0 radical (unpaired) electrons. The van der Waals surface area contributed by atoms with Crippen LogP contribution in [0.5, 0.6) is 0 Å². The van der Waals surface area contributed by atoms with Crippen LogP contribution in [0, 0.1) is 5.92 Å². The van der Waals surface area contributed by atoms with E-state index in [4.69, 9.17) is 11.6 Å². The molecule has 0 spiro atoms. The molecule has 0 saturated carbocycles. The third kappa shape index (κ3) is 4.44. The molecule has 1 N–H and O–H groups in total. The maximum Gasteiger partial charge on any atom is 0.255 e. The normalized spacial score (nSPS) is 18.8. The van der Waals surface area contributed by atoms with E-state index in [2.05, 4.69) is 35.1 Å². The Morgan fingerprint density at radius 1 is 1.52 bits per heavy atom. The first-order valence-electron chi connectivity index (χ1n) is 7.45. The number of nitrogens with zero attached hydrogens (tertiary/aromatic N) is 1. The van der Waals surface area contributed by atoms with Gasteiger partial charge in [-0.1, -0.05) is 11.6 Å². The number of carbonyl (C=O) groups excluding carboxylic acids is 1. The minimum atomic E-state index is 0.0462. The van der Waals surface area contributed by atoms with Crippen molar-refractivity contribution in [1.82, 2.24) is 10.2 Å². The maximum absolute atomic E-state index is 12.8. The van der Waals surface area contributed by atoms with Crippen molar-refractivity contribution in [3.63, 3.8) is 0 Å². The number of piperidine rings is 1. The third-order valence-electron chi connectivity index (χ3n) is 3.90. The van der Waals surface area contributed by atoms with Crippen LogP contribution in [0.2, 0.25) is 5.02 Å². The summed E-state index contributed by atoms with van der Waals surface area (Å²) < 4.78 is 0.796. The van der Waals surface area contributed by atoms with Crippen LogP contribution in [-0.2, 0) is 0 Å². The first kappa shape index (κ1) is 16.8. The summed E-state index contributed by atoms with van der Waals surface area (Å²) in [5.74, 6) is 0.577. The summed E-state index contributed by atoms with van der Waals surface area (Å²) in [6, 6.07) is 5.52. The second kappa shape index (κ2) is 7.61. The number of carbonyl (C=O) groups is 1. The Balaban J connectivity index is 2.16. The summed E-state index contributed by atoms with van der Waals surface area (Å²) in [5, 5.41) is 4.00. The first-order chi connectivity index (χ1) is 9.99. The lowest BCUT2D eigenvalue weighted by Gasteiger charge is -2.33. The monoisotopic (exact) mass is 372 g/mol. The lowest BCUT2D eigenvalue weighted by Crippen LogP contribution is -2.44. The van der Waals surface area contributed by atoms with Gasteiger partial charge in [-0.3, -0.25) is 4.79 Å². The number of nitrogens with one attached hydrogen (secondary N) is 1.